The minimum absolute atomic E-state index is 0.240. The molecule has 0 saturated heterocycles. The van der Waals surface area contributed by atoms with Crippen molar-refractivity contribution in [2.75, 3.05) is 11.9 Å². The quantitative estimate of drug-likeness (QED) is 0.647. The van der Waals surface area contributed by atoms with Crippen LogP contribution in [0, 0.1) is 0 Å². The van der Waals surface area contributed by atoms with Crippen LogP contribution in [0.1, 0.15) is 40.1 Å². The first-order valence-corrected chi connectivity index (χ1v) is 8.88. The molecule has 7 nitrogen and oxygen atoms in total. The Morgan fingerprint density at radius 2 is 2.00 bits per heavy atom. The van der Waals surface area contributed by atoms with E-state index in [1.807, 2.05) is 18.2 Å². The summed E-state index contributed by atoms with van der Waals surface area (Å²) in [6, 6.07) is 12.2. The number of rotatable bonds is 5. The van der Waals surface area contributed by atoms with Crippen LogP contribution in [0.2, 0.25) is 0 Å². The van der Waals surface area contributed by atoms with E-state index in [0.29, 0.717) is 35.4 Å². The maximum atomic E-state index is 12.6. The molecule has 138 valence electrons. The summed E-state index contributed by atoms with van der Waals surface area (Å²) < 4.78 is 1.70. The van der Waals surface area contributed by atoms with E-state index in [0.717, 1.165) is 6.42 Å². The number of carbonyl (C=O) groups excluding carboxylic acids is 2. The summed E-state index contributed by atoms with van der Waals surface area (Å²) in [5.74, 6) is -0.587. The van der Waals surface area contributed by atoms with Crippen LogP contribution in [0.25, 0.3) is 5.65 Å². The van der Waals surface area contributed by atoms with Gasteiger partial charge in [-0.2, -0.15) is 0 Å². The van der Waals surface area contributed by atoms with Crippen molar-refractivity contribution in [3.8, 4) is 0 Å². The second-order valence-corrected chi connectivity index (χ2v) is 6.87. The van der Waals surface area contributed by atoms with Gasteiger partial charge in [-0.15, -0.1) is 0 Å². The average molecular weight is 364 g/mol. The molecule has 2 amide bonds. The fraction of sp³-hybridized carbons (Fsp3) is 0.250. The summed E-state index contributed by atoms with van der Waals surface area (Å²) in [6.45, 7) is 0.240. The van der Waals surface area contributed by atoms with E-state index in [4.69, 9.17) is 0 Å². The first-order valence-electron chi connectivity index (χ1n) is 8.88. The second kappa shape index (κ2) is 6.85. The Bertz CT molecular complexity index is 1010. The van der Waals surface area contributed by atoms with Crippen LogP contribution in [-0.4, -0.2) is 38.5 Å². The molecule has 27 heavy (non-hydrogen) atoms. The summed E-state index contributed by atoms with van der Waals surface area (Å²) in [5, 5.41) is 15.6. The van der Waals surface area contributed by atoms with Crippen LogP contribution in [0.3, 0.4) is 0 Å². The molecule has 0 radical (unpaired) electrons. The molecule has 0 spiro atoms. The molecule has 4 rings (SSSR count). The average Bonchev–Trinajstić information content (AvgIpc) is 3.09. The summed E-state index contributed by atoms with van der Waals surface area (Å²) in [7, 11) is 0. The molecular weight excluding hydrogens is 344 g/mol. The molecule has 2 aromatic heterocycles. The fourth-order valence-corrected chi connectivity index (χ4v) is 3.14. The van der Waals surface area contributed by atoms with Crippen molar-refractivity contribution in [2.45, 2.75) is 24.9 Å². The van der Waals surface area contributed by atoms with Gasteiger partial charge in [-0.05, 0) is 49.6 Å². The number of aliphatic hydroxyl groups is 1. The van der Waals surface area contributed by atoms with Gasteiger partial charge in [0.25, 0.3) is 11.8 Å². The highest BCUT2D eigenvalue weighted by atomic mass is 16.3. The van der Waals surface area contributed by atoms with Crippen molar-refractivity contribution in [3.63, 3.8) is 0 Å². The van der Waals surface area contributed by atoms with Gasteiger partial charge >= 0.3 is 0 Å². The molecule has 7 heteroatoms. The maximum absolute atomic E-state index is 12.6. The van der Waals surface area contributed by atoms with E-state index < -0.39 is 5.60 Å². The van der Waals surface area contributed by atoms with Crippen molar-refractivity contribution in [2.24, 2.45) is 0 Å². The zero-order chi connectivity index (χ0) is 18.9. The number of aromatic nitrogens is 2. The number of hydrogen-bond acceptors (Lipinski definition) is 4. The molecule has 1 aromatic carbocycles. The molecule has 0 bridgehead atoms. The molecule has 1 saturated carbocycles. The van der Waals surface area contributed by atoms with Crippen LogP contribution in [0.15, 0.2) is 54.9 Å². The predicted molar refractivity (Wildman–Crippen MR) is 101 cm³/mol. The smallest absolute Gasteiger partial charge is 0.274 e. The standard InChI is InChI=1S/C20H20N4O3/c25-18(22-13-20(27)8-4-9-20)14-5-3-6-15(11-14)23-19(26)16-12-21-17-7-1-2-10-24(16)17/h1-3,5-7,10-12,27H,4,8-9,13H2,(H,22,25)(H,23,26). The first kappa shape index (κ1) is 17.2. The zero-order valence-electron chi connectivity index (χ0n) is 14.7. The van der Waals surface area contributed by atoms with Gasteiger partial charge in [0.05, 0.1) is 11.8 Å². The number of fused-ring (bicyclic) bond motifs is 1. The first-order chi connectivity index (χ1) is 13.0. The Labute approximate surface area is 156 Å². The lowest BCUT2D eigenvalue weighted by Crippen LogP contribution is -2.47. The topological polar surface area (TPSA) is 95.7 Å². The van der Waals surface area contributed by atoms with Gasteiger partial charge in [0, 0.05) is 24.0 Å². The highest BCUT2D eigenvalue weighted by Gasteiger charge is 2.34. The summed E-state index contributed by atoms with van der Waals surface area (Å²) in [4.78, 5) is 29.1. The normalized spacial score (nSPS) is 15.1. The second-order valence-electron chi connectivity index (χ2n) is 6.87. The lowest BCUT2D eigenvalue weighted by Gasteiger charge is -2.36. The Morgan fingerprint density at radius 3 is 2.78 bits per heavy atom. The number of pyridine rings is 1. The highest BCUT2D eigenvalue weighted by Crippen LogP contribution is 2.30. The summed E-state index contributed by atoms with van der Waals surface area (Å²) in [6.07, 6.45) is 5.69. The molecule has 3 aromatic rings. The maximum Gasteiger partial charge on any atom is 0.274 e. The molecular formula is C20H20N4O3. The Hall–Kier alpha value is -3.19. The Kier molecular flexibility index (Phi) is 4.37. The van der Waals surface area contributed by atoms with Crippen molar-refractivity contribution >= 4 is 23.1 Å². The van der Waals surface area contributed by atoms with E-state index in [2.05, 4.69) is 15.6 Å². The number of nitrogens with zero attached hydrogens (tertiary/aromatic N) is 2. The number of amides is 2. The highest BCUT2D eigenvalue weighted by molar-refractivity contribution is 6.04. The van der Waals surface area contributed by atoms with Crippen LogP contribution in [0.4, 0.5) is 5.69 Å². The number of benzene rings is 1. The van der Waals surface area contributed by atoms with E-state index in [-0.39, 0.29) is 18.4 Å². The fourth-order valence-electron chi connectivity index (χ4n) is 3.14. The lowest BCUT2D eigenvalue weighted by atomic mass is 9.80. The lowest BCUT2D eigenvalue weighted by molar-refractivity contribution is -0.0300. The Morgan fingerprint density at radius 1 is 1.15 bits per heavy atom. The van der Waals surface area contributed by atoms with Crippen molar-refractivity contribution < 1.29 is 14.7 Å². The van der Waals surface area contributed by atoms with Gasteiger partial charge in [-0.1, -0.05) is 12.1 Å². The number of carbonyl (C=O) groups is 2. The largest absolute Gasteiger partial charge is 0.388 e. The molecule has 2 heterocycles. The number of nitrogens with one attached hydrogen (secondary N) is 2. The van der Waals surface area contributed by atoms with Crippen molar-refractivity contribution in [3.05, 3.63) is 66.1 Å². The summed E-state index contributed by atoms with van der Waals surface area (Å²) >= 11 is 0. The Balaban J connectivity index is 1.45. The minimum atomic E-state index is -0.773. The number of hydrogen-bond donors (Lipinski definition) is 3. The third-order valence-electron chi connectivity index (χ3n) is 4.89. The van der Waals surface area contributed by atoms with Crippen LogP contribution in [0.5, 0.6) is 0 Å². The van der Waals surface area contributed by atoms with E-state index >= 15 is 0 Å². The number of imidazole rings is 1. The van der Waals surface area contributed by atoms with Gasteiger partial charge in [0.15, 0.2) is 0 Å². The van der Waals surface area contributed by atoms with E-state index in [1.165, 1.54) is 6.20 Å². The van der Waals surface area contributed by atoms with Gasteiger partial charge in [-0.25, -0.2) is 4.98 Å². The molecule has 0 unspecified atom stereocenters. The van der Waals surface area contributed by atoms with Gasteiger partial charge < -0.3 is 15.7 Å². The monoisotopic (exact) mass is 364 g/mol. The van der Waals surface area contributed by atoms with Gasteiger partial charge in [0.2, 0.25) is 0 Å². The summed E-state index contributed by atoms with van der Waals surface area (Å²) in [5.41, 5.74) is 1.26. The third kappa shape index (κ3) is 3.54. The molecule has 0 aliphatic heterocycles. The van der Waals surface area contributed by atoms with E-state index in [1.54, 1.807) is 34.9 Å². The van der Waals surface area contributed by atoms with Gasteiger partial charge in [-0.3, -0.25) is 14.0 Å². The van der Waals surface area contributed by atoms with Crippen LogP contribution >= 0.6 is 0 Å². The molecule has 1 aliphatic carbocycles. The molecule has 3 N–H and O–H groups in total. The minimum Gasteiger partial charge on any atom is -0.388 e. The van der Waals surface area contributed by atoms with Crippen LogP contribution < -0.4 is 10.6 Å². The molecule has 0 atom stereocenters. The predicted octanol–water partition coefficient (Wildman–Crippen LogP) is 2.23. The number of anilines is 1. The van der Waals surface area contributed by atoms with Crippen molar-refractivity contribution in [1.82, 2.24) is 14.7 Å². The zero-order valence-corrected chi connectivity index (χ0v) is 14.7. The van der Waals surface area contributed by atoms with E-state index in [9.17, 15) is 14.7 Å². The third-order valence-corrected chi connectivity index (χ3v) is 4.89. The van der Waals surface area contributed by atoms with Crippen molar-refractivity contribution in [1.29, 1.82) is 0 Å². The molecule has 1 fully saturated rings. The molecule has 1 aliphatic rings. The van der Waals surface area contributed by atoms with Crippen LogP contribution in [-0.2, 0) is 0 Å². The SMILES string of the molecule is O=C(NCC1(O)CCC1)c1cccc(NC(=O)c2cnc3ccccn23)c1. The van der Waals surface area contributed by atoms with Gasteiger partial charge in [0.1, 0.15) is 11.3 Å².